The molecule has 0 spiro atoms. The number of amides is 2. The number of benzene rings is 2. The van der Waals surface area contributed by atoms with Crippen molar-refractivity contribution < 1.29 is 19.1 Å². The van der Waals surface area contributed by atoms with Crippen molar-refractivity contribution in [3.05, 3.63) is 58.6 Å². The molecule has 2 aromatic carbocycles. The van der Waals surface area contributed by atoms with E-state index >= 15 is 0 Å². The molecule has 0 aliphatic rings. The second-order valence-corrected chi connectivity index (χ2v) is 7.91. The van der Waals surface area contributed by atoms with E-state index in [9.17, 15) is 9.59 Å². The van der Waals surface area contributed by atoms with E-state index in [0.717, 1.165) is 18.4 Å². The average Bonchev–Trinajstić information content (AvgIpc) is 2.78. The smallest absolute Gasteiger partial charge is 0.276 e. The zero-order chi connectivity index (χ0) is 23.3. The summed E-state index contributed by atoms with van der Waals surface area (Å²) in [4.78, 5) is 24.2. The molecule has 0 radical (unpaired) electrons. The van der Waals surface area contributed by atoms with Gasteiger partial charge in [0.2, 0.25) is 0 Å². The van der Waals surface area contributed by atoms with Gasteiger partial charge in [0.1, 0.15) is 11.5 Å². The molecule has 7 nitrogen and oxygen atoms in total. The summed E-state index contributed by atoms with van der Waals surface area (Å²) in [6.07, 6.45) is 4.53. The summed E-state index contributed by atoms with van der Waals surface area (Å²) in [5, 5.41) is 3.07. The van der Waals surface area contributed by atoms with Crippen LogP contribution in [0, 0.1) is 6.92 Å². The fourth-order valence-electron chi connectivity index (χ4n) is 2.65. The molecule has 2 rings (SSSR count). The molecule has 2 aromatic rings. The Morgan fingerprint density at radius 2 is 1.69 bits per heavy atom. The summed E-state index contributed by atoms with van der Waals surface area (Å²) in [5.41, 5.74) is 6.10. The van der Waals surface area contributed by atoms with Gasteiger partial charge in [-0.3, -0.25) is 25.8 Å². The van der Waals surface area contributed by atoms with E-state index in [1.165, 1.54) is 12.8 Å². The zero-order valence-electron chi connectivity index (χ0n) is 18.2. The quantitative estimate of drug-likeness (QED) is 0.268. The van der Waals surface area contributed by atoms with Crippen LogP contribution in [0.3, 0.4) is 0 Å². The molecule has 3 N–H and O–H groups in total. The van der Waals surface area contributed by atoms with Gasteiger partial charge in [-0.05, 0) is 73.6 Å². The maximum absolute atomic E-state index is 12.3. The van der Waals surface area contributed by atoms with Gasteiger partial charge in [-0.2, -0.15) is 0 Å². The van der Waals surface area contributed by atoms with Crippen molar-refractivity contribution in [1.29, 1.82) is 0 Å². The number of ether oxygens (including phenoxy) is 2. The lowest BCUT2D eigenvalue weighted by Gasteiger charge is -2.12. The highest BCUT2D eigenvalue weighted by molar-refractivity contribution is 7.80. The summed E-state index contributed by atoms with van der Waals surface area (Å²) < 4.78 is 11.1. The minimum absolute atomic E-state index is 0.0399. The maximum atomic E-state index is 12.3. The molecule has 0 saturated carbocycles. The highest BCUT2D eigenvalue weighted by Gasteiger charge is 2.09. The number of carbonyl (C=O) groups is 2. The monoisotopic (exact) mass is 477 g/mol. The normalized spacial score (nSPS) is 10.2. The zero-order valence-corrected chi connectivity index (χ0v) is 19.8. The molecule has 0 aliphatic carbocycles. The number of aryl methyl sites for hydroxylation is 1. The highest BCUT2D eigenvalue weighted by atomic mass is 35.5. The van der Waals surface area contributed by atoms with Crippen LogP contribution in [0.15, 0.2) is 42.5 Å². The third-order valence-corrected chi connectivity index (χ3v) is 5.05. The molecule has 0 atom stereocenters. The number of hydrazine groups is 1. The first-order valence-corrected chi connectivity index (χ1v) is 11.2. The number of rotatable bonds is 10. The summed E-state index contributed by atoms with van der Waals surface area (Å²) in [7, 11) is 0. The maximum Gasteiger partial charge on any atom is 0.276 e. The summed E-state index contributed by atoms with van der Waals surface area (Å²) in [6, 6.07) is 11.9. The molecular formula is C23H28ClN3O4S. The lowest BCUT2D eigenvalue weighted by Crippen LogP contribution is -2.49. The molecule has 2 amide bonds. The molecular weight excluding hydrogens is 450 g/mol. The van der Waals surface area contributed by atoms with Crippen LogP contribution in [0.25, 0.3) is 0 Å². The lowest BCUT2D eigenvalue weighted by molar-refractivity contribution is -0.123. The molecule has 0 heterocycles. The van der Waals surface area contributed by atoms with E-state index in [1.807, 2.05) is 6.92 Å². The van der Waals surface area contributed by atoms with Crippen LogP contribution in [0.2, 0.25) is 5.02 Å². The summed E-state index contributed by atoms with van der Waals surface area (Å²) >= 11 is 11.0. The van der Waals surface area contributed by atoms with E-state index < -0.39 is 11.8 Å². The standard InChI is InChI=1S/C23H28ClN3O4S/c1-3-4-5-6-13-30-18-9-7-17(8-10-18)22(29)25-23(32)27-26-21(28)15-31-19-11-12-20(24)16(2)14-19/h7-12,14H,3-6,13,15H2,1-2H3,(H,26,28)(H2,25,27,29,32). The fraction of sp³-hybridized carbons (Fsp3) is 0.348. The minimum Gasteiger partial charge on any atom is -0.494 e. The molecule has 32 heavy (non-hydrogen) atoms. The fourth-order valence-corrected chi connectivity index (χ4v) is 2.91. The molecule has 9 heteroatoms. The molecule has 0 aromatic heterocycles. The first-order chi connectivity index (χ1) is 15.4. The minimum atomic E-state index is -0.463. The predicted octanol–water partition coefficient (Wildman–Crippen LogP) is 4.32. The van der Waals surface area contributed by atoms with Crippen molar-refractivity contribution in [2.45, 2.75) is 39.5 Å². The van der Waals surface area contributed by atoms with Gasteiger partial charge >= 0.3 is 0 Å². The van der Waals surface area contributed by atoms with Gasteiger partial charge in [0.05, 0.1) is 6.61 Å². The topological polar surface area (TPSA) is 88.7 Å². The van der Waals surface area contributed by atoms with E-state index in [2.05, 4.69) is 23.1 Å². The van der Waals surface area contributed by atoms with Crippen molar-refractivity contribution in [1.82, 2.24) is 16.2 Å². The van der Waals surface area contributed by atoms with Crippen LogP contribution in [0.4, 0.5) is 0 Å². The van der Waals surface area contributed by atoms with Crippen LogP contribution in [-0.4, -0.2) is 30.1 Å². The Bertz CT molecular complexity index is 922. The summed E-state index contributed by atoms with van der Waals surface area (Å²) in [6.45, 7) is 4.43. The Labute approximate surface area is 198 Å². The van der Waals surface area contributed by atoms with Crippen molar-refractivity contribution in [3.63, 3.8) is 0 Å². The molecule has 0 bridgehead atoms. The van der Waals surface area contributed by atoms with Gasteiger partial charge in [0.25, 0.3) is 11.8 Å². The van der Waals surface area contributed by atoms with Crippen LogP contribution in [-0.2, 0) is 4.79 Å². The van der Waals surface area contributed by atoms with Crippen LogP contribution in [0.1, 0.15) is 48.5 Å². The Morgan fingerprint density at radius 1 is 0.969 bits per heavy atom. The van der Waals surface area contributed by atoms with Crippen molar-refractivity contribution >= 4 is 40.7 Å². The molecule has 172 valence electrons. The summed E-state index contributed by atoms with van der Waals surface area (Å²) in [5.74, 6) is 0.363. The number of hydrogen-bond donors (Lipinski definition) is 3. The molecule has 0 saturated heterocycles. The Hall–Kier alpha value is -2.84. The number of nitrogens with one attached hydrogen (secondary N) is 3. The van der Waals surface area contributed by atoms with Crippen LogP contribution in [0.5, 0.6) is 11.5 Å². The van der Waals surface area contributed by atoms with Crippen LogP contribution >= 0.6 is 23.8 Å². The number of hydrogen-bond acceptors (Lipinski definition) is 5. The molecule has 0 unspecified atom stereocenters. The van der Waals surface area contributed by atoms with Gasteiger partial charge in [-0.25, -0.2) is 0 Å². The highest BCUT2D eigenvalue weighted by Crippen LogP contribution is 2.20. The predicted molar refractivity (Wildman–Crippen MR) is 129 cm³/mol. The van der Waals surface area contributed by atoms with Crippen molar-refractivity contribution in [3.8, 4) is 11.5 Å². The van der Waals surface area contributed by atoms with Gasteiger partial charge < -0.3 is 9.47 Å². The number of halogens is 1. The Balaban J connectivity index is 1.68. The second kappa shape index (κ2) is 13.5. The van der Waals surface area contributed by atoms with E-state index in [-0.39, 0.29) is 11.7 Å². The SMILES string of the molecule is CCCCCCOc1ccc(C(=O)NC(=S)NNC(=O)COc2ccc(Cl)c(C)c2)cc1. The third-order valence-electron chi connectivity index (χ3n) is 4.42. The number of unbranched alkanes of at least 4 members (excludes halogenated alkanes) is 3. The first kappa shape index (κ1) is 25.4. The van der Waals surface area contributed by atoms with Gasteiger partial charge in [-0.1, -0.05) is 37.8 Å². The van der Waals surface area contributed by atoms with E-state index in [0.29, 0.717) is 28.7 Å². The van der Waals surface area contributed by atoms with E-state index in [4.69, 9.17) is 33.3 Å². The second-order valence-electron chi connectivity index (χ2n) is 7.09. The van der Waals surface area contributed by atoms with E-state index in [1.54, 1.807) is 42.5 Å². The van der Waals surface area contributed by atoms with Crippen LogP contribution < -0.4 is 25.6 Å². The largest absolute Gasteiger partial charge is 0.494 e. The average molecular weight is 478 g/mol. The Kier molecular flexibility index (Phi) is 10.8. The molecule has 0 aliphatic heterocycles. The van der Waals surface area contributed by atoms with Gasteiger partial charge in [0.15, 0.2) is 11.7 Å². The van der Waals surface area contributed by atoms with Crippen molar-refractivity contribution in [2.24, 2.45) is 0 Å². The van der Waals surface area contributed by atoms with Gasteiger partial charge in [0, 0.05) is 10.6 Å². The third kappa shape index (κ3) is 9.11. The van der Waals surface area contributed by atoms with Crippen molar-refractivity contribution in [2.75, 3.05) is 13.2 Å². The number of carbonyl (C=O) groups excluding carboxylic acids is 2. The number of thiocarbonyl (C=S) groups is 1. The lowest BCUT2D eigenvalue weighted by atomic mass is 10.2. The van der Waals surface area contributed by atoms with Gasteiger partial charge in [-0.15, -0.1) is 0 Å². The Morgan fingerprint density at radius 3 is 2.38 bits per heavy atom. The first-order valence-electron chi connectivity index (χ1n) is 10.4. The molecule has 0 fully saturated rings.